The summed E-state index contributed by atoms with van der Waals surface area (Å²) in [5, 5.41) is 10.3. The molecule has 24 heavy (non-hydrogen) atoms. The van der Waals surface area contributed by atoms with Gasteiger partial charge in [0, 0.05) is 36.3 Å². The molecule has 6 heteroatoms. The fourth-order valence-corrected chi connectivity index (χ4v) is 5.27. The van der Waals surface area contributed by atoms with Gasteiger partial charge in [0.15, 0.2) is 0 Å². The molecule has 1 atom stereocenters. The maximum absolute atomic E-state index is 13.0. The predicted molar refractivity (Wildman–Crippen MR) is 94.4 cm³/mol. The molecule has 0 unspecified atom stereocenters. The van der Waals surface area contributed by atoms with E-state index in [1.165, 1.54) is 16.9 Å². The van der Waals surface area contributed by atoms with E-state index in [0.717, 1.165) is 56.1 Å². The molecule has 1 saturated heterocycles. The van der Waals surface area contributed by atoms with Crippen molar-refractivity contribution in [3.8, 4) is 0 Å². The van der Waals surface area contributed by atoms with E-state index in [1.54, 1.807) is 17.7 Å². The minimum atomic E-state index is 0.235. The van der Waals surface area contributed by atoms with Gasteiger partial charge in [0.2, 0.25) is 0 Å². The van der Waals surface area contributed by atoms with Crippen LogP contribution >= 0.6 is 11.3 Å². The number of likely N-dealkylation sites (tertiary alicyclic amines) is 1. The van der Waals surface area contributed by atoms with Crippen LogP contribution in [0.3, 0.4) is 0 Å². The first-order valence-electron chi connectivity index (χ1n) is 8.86. The van der Waals surface area contributed by atoms with Crippen LogP contribution in [-0.2, 0) is 19.9 Å². The third-order valence-electron chi connectivity index (χ3n) is 5.53. The maximum atomic E-state index is 13.0. The smallest absolute Gasteiger partial charge is 0.254 e. The lowest BCUT2D eigenvalue weighted by Crippen LogP contribution is -2.38. The molecule has 1 amide bonds. The first-order chi connectivity index (χ1) is 11.6. The minimum Gasteiger partial charge on any atom is -0.339 e. The highest BCUT2D eigenvalue weighted by Crippen LogP contribution is 2.34. The van der Waals surface area contributed by atoms with E-state index in [2.05, 4.69) is 22.5 Å². The summed E-state index contributed by atoms with van der Waals surface area (Å²) in [5.74, 6) is 2.45. The molecule has 0 aromatic carbocycles. The average Bonchev–Trinajstić information content (AvgIpc) is 3.20. The fourth-order valence-electron chi connectivity index (χ4n) is 4.03. The Balaban J connectivity index is 1.45. The third-order valence-corrected chi connectivity index (χ3v) is 6.58. The molecule has 2 aliphatic rings. The van der Waals surface area contributed by atoms with Crippen LogP contribution in [0.4, 0.5) is 0 Å². The Morgan fingerprint density at radius 1 is 1.29 bits per heavy atom. The van der Waals surface area contributed by atoms with E-state index < -0.39 is 0 Å². The molecule has 1 aliphatic heterocycles. The lowest BCUT2D eigenvalue weighted by Gasteiger charge is -2.32. The molecule has 3 heterocycles. The Kier molecular flexibility index (Phi) is 4.16. The van der Waals surface area contributed by atoms with Crippen molar-refractivity contribution in [2.75, 3.05) is 13.1 Å². The summed E-state index contributed by atoms with van der Waals surface area (Å²) < 4.78 is 2.00. The summed E-state index contributed by atoms with van der Waals surface area (Å²) in [6.07, 6.45) is 7.12. The van der Waals surface area contributed by atoms with Crippen molar-refractivity contribution in [1.82, 2.24) is 19.7 Å². The zero-order chi connectivity index (χ0) is 16.7. The number of piperidine rings is 1. The van der Waals surface area contributed by atoms with Crippen molar-refractivity contribution >= 4 is 17.2 Å². The Labute approximate surface area is 146 Å². The molecule has 0 saturated carbocycles. The number of nitrogens with zero attached hydrogens (tertiary/aromatic N) is 4. The summed E-state index contributed by atoms with van der Waals surface area (Å²) >= 11 is 1.78. The standard InChI is InChI=1S/C18H24N4OS/c1-12-3-4-14-15(10-24-16(14)9-12)18(23)22-7-5-13(6-8-22)17-20-19-11-21(17)2/h10-13H,3-9H2,1-2H3/t12-/m0/s1. The van der Waals surface area contributed by atoms with E-state index in [9.17, 15) is 4.79 Å². The Bertz CT molecular complexity index is 742. The van der Waals surface area contributed by atoms with Crippen LogP contribution < -0.4 is 0 Å². The molecule has 4 rings (SSSR count). The second-order valence-corrected chi connectivity index (χ2v) is 8.23. The molecular weight excluding hydrogens is 320 g/mol. The van der Waals surface area contributed by atoms with Crippen molar-refractivity contribution in [2.45, 2.75) is 44.9 Å². The van der Waals surface area contributed by atoms with Crippen molar-refractivity contribution in [2.24, 2.45) is 13.0 Å². The summed E-state index contributed by atoms with van der Waals surface area (Å²) in [6, 6.07) is 0. The van der Waals surface area contributed by atoms with E-state index in [4.69, 9.17) is 0 Å². The number of carbonyl (C=O) groups is 1. The number of hydrogen-bond donors (Lipinski definition) is 0. The summed E-state index contributed by atoms with van der Waals surface area (Å²) in [7, 11) is 1.99. The number of aryl methyl sites for hydroxylation is 1. The van der Waals surface area contributed by atoms with Gasteiger partial charge >= 0.3 is 0 Å². The molecule has 2 aromatic rings. The molecule has 0 N–H and O–H groups in total. The topological polar surface area (TPSA) is 51.0 Å². The van der Waals surface area contributed by atoms with Crippen molar-refractivity contribution < 1.29 is 4.79 Å². The van der Waals surface area contributed by atoms with Gasteiger partial charge in [-0.25, -0.2) is 0 Å². The van der Waals surface area contributed by atoms with Crippen molar-refractivity contribution in [3.63, 3.8) is 0 Å². The summed E-state index contributed by atoms with van der Waals surface area (Å²) in [5.41, 5.74) is 2.30. The van der Waals surface area contributed by atoms with Gasteiger partial charge in [-0.2, -0.15) is 0 Å². The normalized spacial score (nSPS) is 21.8. The van der Waals surface area contributed by atoms with Gasteiger partial charge in [-0.3, -0.25) is 4.79 Å². The van der Waals surface area contributed by atoms with Gasteiger partial charge in [-0.15, -0.1) is 21.5 Å². The number of hydrogen-bond acceptors (Lipinski definition) is 4. The molecule has 2 aromatic heterocycles. The van der Waals surface area contributed by atoms with Gasteiger partial charge in [0.25, 0.3) is 5.91 Å². The van der Waals surface area contributed by atoms with E-state index in [0.29, 0.717) is 5.92 Å². The van der Waals surface area contributed by atoms with E-state index in [1.807, 2.05) is 16.5 Å². The Morgan fingerprint density at radius 3 is 2.79 bits per heavy atom. The van der Waals surface area contributed by atoms with Crippen molar-refractivity contribution in [1.29, 1.82) is 0 Å². The average molecular weight is 344 g/mol. The van der Waals surface area contributed by atoms with Crippen LogP contribution in [0, 0.1) is 5.92 Å². The minimum absolute atomic E-state index is 0.235. The molecule has 0 spiro atoms. The summed E-state index contributed by atoms with van der Waals surface area (Å²) in [6.45, 7) is 3.94. The molecule has 128 valence electrons. The highest BCUT2D eigenvalue weighted by Gasteiger charge is 2.30. The van der Waals surface area contributed by atoms with Gasteiger partial charge < -0.3 is 9.47 Å². The largest absolute Gasteiger partial charge is 0.339 e. The zero-order valence-corrected chi connectivity index (χ0v) is 15.2. The number of amides is 1. The quantitative estimate of drug-likeness (QED) is 0.841. The lowest BCUT2D eigenvalue weighted by atomic mass is 9.88. The zero-order valence-electron chi connectivity index (χ0n) is 14.4. The van der Waals surface area contributed by atoms with Crippen LogP contribution in [0.5, 0.6) is 0 Å². The number of aromatic nitrogens is 3. The van der Waals surface area contributed by atoms with Crippen LogP contribution in [0.25, 0.3) is 0 Å². The first kappa shape index (κ1) is 15.8. The molecule has 5 nitrogen and oxygen atoms in total. The first-order valence-corrected chi connectivity index (χ1v) is 9.74. The second kappa shape index (κ2) is 6.31. The van der Waals surface area contributed by atoms with Crippen molar-refractivity contribution in [3.05, 3.63) is 33.5 Å². The molecule has 0 bridgehead atoms. The van der Waals surface area contributed by atoms with Gasteiger partial charge in [-0.1, -0.05) is 6.92 Å². The Hall–Kier alpha value is -1.69. The van der Waals surface area contributed by atoms with Gasteiger partial charge in [0.1, 0.15) is 12.2 Å². The molecular formula is C18H24N4OS. The van der Waals surface area contributed by atoms with Crippen LogP contribution in [0.2, 0.25) is 0 Å². The van der Waals surface area contributed by atoms with Gasteiger partial charge in [-0.05, 0) is 43.6 Å². The number of thiophene rings is 1. The van der Waals surface area contributed by atoms with E-state index in [-0.39, 0.29) is 5.91 Å². The second-order valence-electron chi connectivity index (χ2n) is 7.27. The number of carbonyl (C=O) groups excluding carboxylic acids is 1. The van der Waals surface area contributed by atoms with Gasteiger partial charge in [0.05, 0.1) is 5.56 Å². The number of fused-ring (bicyclic) bond motifs is 1. The highest BCUT2D eigenvalue weighted by atomic mass is 32.1. The van der Waals surface area contributed by atoms with E-state index >= 15 is 0 Å². The lowest BCUT2D eigenvalue weighted by molar-refractivity contribution is 0.0709. The monoisotopic (exact) mass is 344 g/mol. The van der Waals surface area contributed by atoms with Crippen LogP contribution in [0.1, 0.15) is 58.7 Å². The molecule has 1 fully saturated rings. The molecule has 0 radical (unpaired) electrons. The predicted octanol–water partition coefficient (Wildman–Crippen LogP) is 3.02. The van der Waals surface area contributed by atoms with Crippen LogP contribution in [-0.4, -0.2) is 38.7 Å². The summed E-state index contributed by atoms with van der Waals surface area (Å²) in [4.78, 5) is 16.4. The maximum Gasteiger partial charge on any atom is 0.254 e. The Morgan fingerprint density at radius 2 is 2.08 bits per heavy atom. The van der Waals surface area contributed by atoms with Crippen LogP contribution in [0.15, 0.2) is 11.7 Å². The fraction of sp³-hybridized carbons (Fsp3) is 0.611. The number of rotatable bonds is 2. The third kappa shape index (κ3) is 2.77. The molecule has 1 aliphatic carbocycles. The highest BCUT2D eigenvalue weighted by molar-refractivity contribution is 7.10. The SMILES string of the molecule is C[C@H]1CCc2c(C(=O)N3CCC(c4nncn4C)CC3)csc2C1.